The fourth-order valence-electron chi connectivity index (χ4n) is 1.88. The molecule has 0 amide bonds. The van der Waals surface area contributed by atoms with Gasteiger partial charge in [0.05, 0.1) is 5.52 Å². The van der Waals surface area contributed by atoms with Crippen molar-refractivity contribution in [1.82, 2.24) is 9.71 Å². The van der Waals surface area contributed by atoms with Gasteiger partial charge in [0, 0.05) is 22.8 Å². The van der Waals surface area contributed by atoms with Crippen LogP contribution in [-0.2, 0) is 10.0 Å². The smallest absolute Gasteiger partial charge is 0.243 e. The molecular weight excluding hydrogens is 274 g/mol. The van der Waals surface area contributed by atoms with Crippen LogP contribution >= 0.6 is 0 Å². The van der Waals surface area contributed by atoms with Gasteiger partial charge in [0.25, 0.3) is 0 Å². The Morgan fingerprint density at radius 2 is 2.00 bits per heavy atom. The Labute approximate surface area is 119 Å². The molecule has 0 saturated carbocycles. The number of aromatic nitrogens is 1. The zero-order chi connectivity index (χ0) is 15.0. The van der Waals surface area contributed by atoms with E-state index in [1.165, 1.54) is 6.07 Å². The molecule has 0 radical (unpaired) electrons. The molecule has 108 valence electrons. The van der Waals surface area contributed by atoms with Crippen LogP contribution in [-0.4, -0.2) is 18.9 Å². The van der Waals surface area contributed by atoms with E-state index in [9.17, 15) is 8.42 Å². The molecule has 0 aliphatic heterocycles. The van der Waals surface area contributed by atoms with E-state index in [4.69, 9.17) is 5.73 Å². The molecule has 3 N–H and O–H groups in total. The fourth-order valence-corrected chi connectivity index (χ4v) is 3.52. The maximum Gasteiger partial charge on any atom is 0.243 e. The van der Waals surface area contributed by atoms with Gasteiger partial charge in [0.2, 0.25) is 10.0 Å². The van der Waals surface area contributed by atoms with Gasteiger partial charge in [-0.15, -0.1) is 0 Å². The average molecular weight is 293 g/mol. The molecule has 0 saturated heterocycles. The van der Waals surface area contributed by atoms with Crippen molar-refractivity contribution in [2.45, 2.75) is 37.6 Å². The average Bonchev–Trinajstić information content (AvgIpc) is 2.38. The highest BCUT2D eigenvalue weighted by Gasteiger charge is 2.26. The molecule has 0 atom stereocenters. The van der Waals surface area contributed by atoms with Crippen LogP contribution in [0.25, 0.3) is 10.9 Å². The number of hydrogen-bond acceptors (Lipinski definition) is 4. The molecule has 20 heavy (non-hydrogen) atoms. The van der Waals surface area contributed by atoms with Gasteiger partial charge < -0.3 is 5.73 Å². The molecule has 2 aromatic rings. The number of nitrogens with two attached hydrogens (primary N) is 1. The van der Waals surface area contributed by atoms with Crippen molar-refractivity contribution in [3.63, 3.8) is 0 Å². The normalized spacial score (nSPS) is 12.8. The number of anilines is 1. The second kappa shape index (κ2) is 5.03. The van der Waals surface area contributed by atoms with Gasteiger partial charge >= 0.3 is 0 Å². The zero-order valence-electron chi connectivity index (χ0n) is 11.8. The maximum atomic E-state index is 12.5. The van der Waals surface area contributed by atoms with E-state index in [0.29, 0.717) is 23.0 Å². The molecule has 1 aromatic carbocycles. The third kappa shape index (κ3) is 2.76. The molecule has 0 spiro atoms. The summed E-state index contributed by atoms with van der Waals surface area (Å²) in [5.41, 5.74) is 6.26. The Balaban J connectivity index is 2.61. The van der Waals surface area contributed by atoms with Crippen LogP contribution < -0.4 is 10.5 Å². The van der Waals surface area contributed by atoms with Gasteiger partial charge in [-0.3, -0.25) is 4.98 Å². The van der Waals surface area contributed by atoms with Gasteiger partial charge in [0.1, 0.15) is 4.90 Å². The minimum Gasteiger partial charge on any atom is -0.398 e. The van der Waals surface area contributed by atoms with E-state index in [1.54, 1.807) is 24.4 Å². The Hall–Kier alpha value is -1.66. The summed E-state index contributed by atoms with van der Waals surface area (Å²) in [6.45, 7) is 5.62. The fraction of sp³-hybridized carbons (Fsp3) is 0.357. The molecule has 2 rings (SSSR count). The molecule has 0 aliphatic carbocycles. The standard InChI is InChI=1S/C14H19N3O2S/c1-4-14(2,3)17-20(18,19)12-8-7-11(15)10-6-5-9-16-13(10)12/h5-9,17H,4,15H2,1-3H3. The Morgan fingerprint density at radius 1 is 1.30 bits per heavy atom. The highest BCUT2D eigenvalue weighted by Crippen LogP contribution is 2.26. The summed E-state index contributed by atoms with van der Waals surface area (Å²) in [7, 11) is -3.64. The number of nitrogens with zero attached hydrogens (tertiary/aromatic N) is 1. The summed E-state index contributed by atoms with van der Waals surface area (Å²) in [4.78, 5) is 4.32. The van der Waals surface area contributed by atoms with Crippen molar-refractivity contribution >= 4 is 26.6 Å². The topological polar surface area (TPSA) is 85.1 Å². The first-order valence-electron chi connectivity index (χ1n) is 6.44. The molecular formula is C14H19N3O2S. The second-order valence-electron chi connectivity index (χ2n) is 5.40. The molecule has 6 heteroatoms. The molecule has 0 bridgehead atoms. The quantitative estimate of drug-likeness (QED) is 0.847. The van der Waals surface area contributed by atoms with E-state index in [0.717, 1.165) is 0 Å². The van der Waals surface area contributed by atoms with Crippen LogP contribution in [0.15, 0.2) is 35.4 Å². The minimum atomic E-state index is -3.64. The van der Waals surface area contributed by atoms with Gasteiger partial charge in [-0.1, -0.05) is 6.92 Å². The Morgan fingerprint density at radius 3 is 2.65 bits per heavy atom. The lowest BCUT2D eigenvalue weighted by atomic mass is 10.0. The third-order valence-electron chi connectivity index (χ3n) is 3.35. The second-order valence-corrected chi connectivity index (χ2v) is 7.05. The number of fused-ring (bicyclic) bond motifs is 1. The first-order valence-corrected chi connectivity index (χ1v) is 7.92. The summed E-state index contributed by atoms with van der Waals surface area (Å²) in [5.74, 6) is 0. The first kappa shape index (κ1) is 14.7. The molecule has 0 unspecified atom stereocenters. The summed E-state index contributed by atoms with van der Waals surface area (Å²) in [6.07, 6.45) is 2.25. The van der Waals surface area contributed by atoms with Crippen molar-refractivity contribution in [3.05, 3.63) is 30.5 Å². The molecule has 1 heterocycles. The van der Waals surface area contributed by atoms with Crippen molar-refractivity contribution in [2.75, 3.05) is 5.73 Å². The Kier molecular flexibility index (Phi) is 3.71. The number of nitrogens with one attached hydrogen (secondary N) is 1. The van der Waals surface area contributed by atoms with Crippen LogP contribution in [0.1, 0.15) is 27.2 Å². The van der Waals surface area contributed by atoms with E-state index >= 15 is 0 Å². The minimum absolute atomic E-state index is 0.156. The lowest BCUT2D eigenvalue weighted by Crippen LogP contribution is -2.42. The Bertz CT molecular complexity index is 739. The van der Waals surface area contributed by atoms with Gasteiger partial charge in [-0.25, -0.2) is 13.1 Å². The summed E-state index contributed by atoms with van der Waals surface area (Å²) < 4.78 is 27.8. The summed E-state index contributed by atoms with van der Waals surface area (Å²) in [5, 5.41) is 0.643. The van der Waals surface area contributed by atoms with Gasteiger partial charge in [-0.2, -0.15) is 0 Å². The predicted octanol–water partition coefficient (Wildman–Crippen LogP) is 2.28. The van der Waals surface area contributed by atoms with Crippen LogP contribution in [0.4, 0.5) is 5.69 Å². The van der Waals surface area contributed by atoms with Crippen LogP contribution in [0.3, 0.4) is 0 Å². The summed E-state index contributed by atoms with van der Waals surface area (Å²) >= 11 is 0. The number of benzene rings is 1. The van der Waals surface area contributed by atoms with E-state index < -0.39 is 15.6 Å². The maximum absolute atomic E-state index is 12.5. The van der Waals surface area contributed by atoms with E-state index in [2.05, 4.69) is 9.71 Å². The van der Waals surface area contributed by atoms with E-state index in [1.807, 2.05) is 20.8 Å². The van der Waals surface area contributed by atoms with Crippen LogP contribution in [0, 0.1) is 0 Å². The van der Waals surface area contributed by atoms with Crippen molar-refractivity contribution in [2.24, 2.45) is 0 Å². The lowest BCUT2D eigenvalue weighted by molar-refractivity contribution is 0.440. The highest BCUT2D eigenvalue weighted by molar-refractivity contribution is 7.89. The molecule has 0 fully saturated rings. The number of rotatable bonds is 4. The first-order chi connectivity index (χ1) is 9.27. The van der Waals surface area contributed by atoms with Crippen molar-refractivity contribution in [3.8, 4) is 0 Å². The van der Waals surface area contributed by atoms with Crippen molar-refractivity contribution < 1.29 is 8.42 Å². The van der Waals surface area contributed by atoms with Gasteiger partial charge in [-0.05, 0) is 44.5 Å². The largest absolute Gasteiger partial charge is 0.398 e. The zero-order valence-corrected chi connectivity index (χ0v) is 12.7. The number of sulfonamides is 1. The van der Waals surface area contributed by atoms with Crippen LogP contribution in [0.2, 0.25) is 0 Å². The monoisotopic (exact) mass is 293 g/mol. The van der Waals surface area contributed by atoms with Crippen molar-refractivity contribution in [1.29, 1.82) is 0 Å². The SMILES string of the molecule is CCC(C)(C)NS(=O)(=O)c1ccc(N)c2cccnc12. The summed E-state index contributed by atoms with van der Waals surface area (Å²) in [6, 6.07) is 6.59. The number of pyridine rings is 1. The molecule has 5 nitrogen and oxygen atoms in total. The van der Waals surface area contributed by atoms with E-state index in [-0.39, 0.29) is 4.90 Å². The molecule has 0 aliphatic rings. The lowest BCUT2D eigenvalue weighted by Gasteiger charge is -2.24. The highest BCUT2D eigenvalue weighted by atomic mass is 32.2. The number of nitrogen functional groups attached to an aromatic ring is 1. The molecule has 1 aromatic heterocycles. The predicted molar refractivity (Wildman–Crippen MR) is 80.8 cm³/mol. The van der Waals surface area contributed by atoms with Gasteiger partial charge in [0.15, 0.2) is 0 Å². The third-order valence-corrected chi connectivity index (χ3v) is 5.08. The number of hydrogen-bond donors (Lipinski definition) is 2. The van der Waals surface area contributed by atoms with Crippen LogP contribution in [0.5, 0.6) is 0 Å².